The molecule has 0 spiro atoms. The van der Waals surface area contributed by atoms with Crippen LogP contribution in [0.1, 0.15) is 6.92 Å². The van der Waals surface area contributed by atoms with Gasteiger partial charge in [0.15, 0.2) is 0 Å². The van der Waals surface area contributed by atoms with E-state index in [0.29, 0.717) is 12.6 Å². The maximum absolute atomic E-state index is 10.7. The van der Waals surface area contributed by atoms with Gasteiger partial charge in [-0.05, 0) is 21.0 Å². The van der Waals surface area contributed by atoms with Gasteiger partial charge in [0, 0.05) is 19.7 Å². The van der Waals surface area contributed by atoms with Gasteiger partial charge in [-0.1, -0.05) is 0 Å². The first kappa shape index (κ1) is 13.4. The van der Waals surface area contributed by atoms with Crippen molar-refractivity contribution in [2.45, 2.75) is 19.0 Å². The minimum Gasteiger partial charge on any atom is -0.480 e. The molecule has 0 aromatic rings. The molecule has 0 aliphatic heterocycles. The number of methoxy groups -OCH3 is 1. The molecule has 0 amide bonds. The summed E-state index contributed by atoms with van der Waals surface area (Å²) in [6, 6.07) is -0.323. The number of ether oxygens (including phenoxy) is 1. The van der Waals surface area contributed by atoms with Crippen molar-refractivity contribution in [1.29, 1.82) is 0 Å². The van der Waals surface area contributed by atoms with E-state index in [1.54, 1.807) is 0 Å². The average molecular weight is 204 g/mol. The third kappa shape index (κ3) is 5.16. The number of nitrogens with zero attached hydrogens (tertiary/aromatic N) is 1. The summed E-state index contributed by atoms with van der Waals surface area (Å²) in [5.74, 6) is -0.877. The molecule has 5 nitrogen and oxygen atoms in total. The van der Waals surface area contributed by atoms with Crippen molar-refractivity contribution < 1.29 is 14.6 Å². The van der Waals surface area contributed by atoms with E-state index in [0.717, 1.165) is 0 Å². The van der Waals surface area contributed by atoms with E-state index in [4.69, 9.17) is 9.84 Å². The Morgan fingerprint density at radius 2 is 2.14 bits per heavy atom. The molecule has 0 aromatic heterocycles. The second-order valence-corrected chi connectivity index (χ2v) is 3.57. The zero-order valence-electron chi connectivity index (χ0n) is 9.28. The molecule has 2 atom stereocenters. The number of carboxylic acids is 1. The highest BCUT2D eigenvalue weighted by molar-refractivity contribution is 5.73. The highest BCUT2D eigenvalue weighted by Crippen LogP contribution is 1.91. The lowest BCUT2D eigenvalue weighted by molar-refractivity contribution is -0.140. The number of hydrogen-bond donors (Lipinski definition) is 2. The summed E-state index contributed by atoms with van der Waals surface area (Å²) in [6.45, 7) is 2.85. The summed E-state index contributed by atoms with van der Waals surface area (Å²) in [5, 5.41) is 11.7. The van der Waals surface area contributed by atoms with Crippen LogP contribution in [0.4, 0.5) is 0 Å². The largest absolute Gasteiger partial charge is 0.480 e. The van der Waals surface area contributed by atoms with Crippen LogP contribution in [0.25, 0.3) is 0 Å². The van der Waals surface area contributed by atoms with Crippen LogP contribution in [-0.4, -0.2) is 62.4 Å². The molecule has 0 saturated heterocycles. The van der Waals surface area contributed by atoms with Crippen molar-refractivity contribution in [3.8, 4) is 0 Å². The minimum atomic E-state index is -0.877. The van der Waals surface area contributed by atoms with Crippen molar-refractivity contribution in [2.75, 3.05) is 34.4 Å². The quantitative estimate of drug-likeness (QED) is 0.592. The molecule has 5 heteroatoms. The zero-order chi connectivity index (χ0) is 11.1. The van der Waals surface area contributed by atoms with E-state index in [2.05, 4.69) is 5.32 Å². The van der Waals surface area contributed by atoms with E-state index in [9.17, 15) is 4.79 Å². The molecule has 0 aliphatic carbocycles. The van der Waals surface area contributed by atoms with Gasteiger partial charge in [0.05, 0.1) is 6.61 Å². The van der Waals surface area contributed by atoms with Crippen molar-refractivity contribution in [2.24, 2.45) is 0 Å². The lowest BCUT2D eigenvalue weighted by Gasteiger charge is -2.22. The first-order chi connectivity index (χ1) is 6.49. The molecule has 0 heterocycles. The number of aliphatic carboxylic acids is 1. The number of rotatable bonds is 7. The smallest absolute Gasteiger partial charge is 0.323 e. The summed E-state index contributed by atoms with van der Waals surface area (Å²) in [5.41, 5.74) is 0. The highest BCUT2D eigenvalue weighted by Gasteiger charge is 2.17. The molecular weight excluding hydrogens is 184 g/mol. The number of nitrogens with one attached hydrogen (secondary N) is 1. The van der Waals surface area contributed by atoms with Crippen molar-refractivity contribution in [1.82, 2.24) is 10.2 Å². The Morgan fingerprint density at radius 1 is 1.57 bits per heavy atom. The molecule has 2 unspecified atom stereocenters. The van der Waals surface area contributed by atoms with E-state index in [-0.39, 0.29) is 6.61 Å². The van der Waals surface area contributed by atoms with E-state index in [1.807, 2.05) is 25.9 Å². The fraction of sp³-hybridized carbons (Fsp3) is 0.889. The van der Waals surface area contributed by atoms with Crippen LogP contribution in [0.2, 0.25) is 0 Å². The number of hydrogen-bond acceptors (Lipinski definition) is 4. The Kier molecular flexibility index (Phi) is 6.44. The minimum absolute atomic E-state index is 0.190. The molecule has 0 bridgehead atoms. The molecule has 84 valence electrons. The summed E-state index contributed by atoms with van der Waals surface area (Å²) in [6.07, 6.45) is 0. The van der Waals surface area contributed by atoms with Crippen molar-refractivity contribution in [3.05, 3.63) is 0 Å². The van der Waals surface area contributed by atoms with E-state index >= 15 is 0 Å². The normalized spacial score (nSPS) is 15.5. The van der Waals surface area contributed by atoms with Gasteiger partial charge in [0.1, 0.15) is 6.04 Å². The summed E-state index contributed by atoms with van der Waals surface area (Å²) >= 11 is 0. The highest BCUT2D eigenvalue weighted by atomic mass is 16.5. The fourth-order valence-corrected chi connectivity index (χ4v) is 0.880. The molecule has 0 fully saturated rings. The third-order valence-corrected chi connectivity index (χ3v) is 2.17. The van der Waals surface area contributed by atoms with Crippen molar-refractivity contribution in [3.63, 3.8) is 0 Å². The molecule has 0 aliphatic rings. The molecule has 2 N–H and O–H groups in total. The van der Waals surface area contributed by atoms with Crippen LogP contribution >= 0.6 is 0 Å². The van der Waals surface area contributed by atoms with Gasteiger partial charge in [-0.3, -0.25) is 4.79 Å². The summed E-state index contributed by atoms with van der Waals surface area (Å²) in [4.78, 5) is 12.7. The van der Waals surface area contributed by atoms with Gasteiger partial charge in [-0.2, -0.15) is 0 Å². The number of carboxylic acid groups (broad SMARTS) is 1. The number of carbonyl (C=O) groups is 1. The van der Waals surface area contributed by atoms with Gasteiger partial charge < -0.3 is 20.1 Å². The van der Waals surface area contributed by atoms with E-state index < -0.39 is 12.0 Å². The van der Waals surface area contributed by atoms with Gasteiger partial charge >= 0.3 is 5.97 Å². The molecule has 14 heavy (non-hydrogen) atoms. The van der Waals surface area contributed by atoms with Gasteiger partial charge in [0.2, 0.25) is 0 Å². The Balaban J connectivity index is 3.87. The lowest BCUT2D eigenvalue weighted by atomic mass is 10.2. The maximum Gasteiger partial charge on any atom is 0.323 e. The van der Waals surface area contributed by atoms with Crippen LogP contribution in [0.5, 0.6) is 0 Å². The second-order valence-electron chi connectivity index (χ2n) is 3.57. The third-order valence-electron chi connectivity index (χ3n) is 2.17. The molecule has 0 aromatic carbocycles. The van der Waals surface area contributed by atoms with Crippen LogP contribution in [0, 0.1) is 0 Å². The first-order valence-electron chi connectivity index (χ1n) is 4.60. The molecule has 0 saturated carbocycles. The Hall–Kier alpha value is -0.650. The standard InChI is InChI=1S/C9H20N2O3/c1-7(11(2)3)5-10-8(6-14-4)9(12)13/h7-8,10H,5-6H2,1-4H3,(H,12,13). The zero-order valence-corrected chi connectivity index (χ0v) is 9.28. The second kappa shape index (κ2) is 6.75. The van der Waals surface area contributed by atoms with Crippen molar-refractivity contribution >= 4 is 5.97 Å². The fourth-order valence-electron chi connectivity index (χ4n) is 0.880. The van der Waals surface area contributed by atoms with E-state index in [1.165, 1.54) is 7.11 Å². The van der Waals surface area contributed by atoms with Gasteiger partial charge in [-0.15, -0.1) is 0 Å². The Bertz CT molecular complexity index is 173. The van der Waals surface area contributed by atoms with Gasteiger partial charge in [0.25, 0.3) is 0 Å². The predicted octanol–water partition coefficient (Wildman–Crippen LogP) is -0.374. The molecule has 0 radical (unpaired) electrons. The average Bonchev–Trinajstić information content (AvgIpc) is 2.10. The van der Waals surface area contributed by atoms with Crippen LogP contribution < -0.4 is 5.32 Å². The lowest BCUT2D eigenvalue weighted by Crippen LogP contribution is -2.46. The van der Waals surface area contributed by atoms with Crippen LogP contribution in [-0.2, 0) is 9.53 Å². The first-order valence-corrected chi connectivity index (χ1v) is 4.60. The SMILES string of the molecule is COCC(NCC(C)N(C)C)C(=O)O. The summed E-state index contributed by atoms with van der Waals surface area (Å²) < 4.78 is 4.80. The summed E-state index contributed by atoms with van der Waals surface area (Å²) in [7, 11) is 5.41. The molecule has 0 rings (SSSR count). The molecular formula is C9H20N2O3. The number of likely N-dealkylation sites (N-methyl/N-ethyl adjacent to an activating group) is 1. The predicted molar refractivity (Wildman–Crippen MR) is 54.5 cm³/mol. The van der Waals surface area contributed by atoms with Crippen LogP contribution in [0.3, 0.4) is 0 Å². The monoisotopic (exact) mass is 204 g/mol. The van der Waals surface area contributed by atoms with Gasteiger partial charge in [-0.25, -0.2) is 0 Å². The maximum atomic E-state index is 10.7. The Morgan fingerprint density at radius 3 is 2.50 bits per heavy atom. The van der Waals surface area contributed by atoms with Crippen LogP contribution in [0.15, 0.2) is 0 Å². The Labute approximate surface area is 85.0 Å². The topological polar surface area (TPSA) is 61.8 Å².